The van der Waals surface area contributed by atoms with Gasteiger partial charge in [0.1, 0.15) is 29.9 Å². The number of ether oxygens (including phenoxy) is 3. The molecule has 3 fully saturated rings. The lowest BCUT2D eigenvalue weighted by Crippen LogP contribution is -2.51. The maximum atomic E-state index is 14.8. The molecule has 0 bridgehead atoms. The summed E-state index contributed by atoms with van der Waals surface area (Å²) in [6.45, 7) is 8.33. The highest BCUT2D eigenvalue weighted by molar-refractivity contribution is 5.87. The van der Waals surface area contributed by atoms with Crippen LogP contribution in [0.2, 0.25) is 0 Å². The number of halogens is 1. The predicted molar refractivity (Wildman–Crippen MR) is 215 cm³/mol. The van der Waals surface area contributed by atoms with E-state index in [0.29, 0.717) is 36.9 Å². The van der Waals surface area contributed by atoms with Crippen molar-refractivity contribution >= 4 is 35.0 Å². The predicted octanol–water partition coefficient (Wildman–Crippen LogP) is 5.55. The maximum absolute atomic E-state index is 14.8. The van der Waals surface area contributed by atoms with Crippen LogP contribution in [0.1, 0.15) is 88.2 Å². The molecule has 6 atom stereocenters. The van der Waals surface area contributed by atoms with Crippen LogP contribution in [0.5, 0.6) is 0 Å². The molecule has 3 saturated heterocycles. The monoisotopic (exact) mass is 810 g/mol. The van der Waals surface area contributed by atoms with Crippen molar-refractivity contribution in [2.24, 2.45) is 11.8 Å². The van der Waals surface area contributed by atoms with Crippen LogP contribution in [0.15, 0.2) is 48.7 Å². The zero-order valence-corrected chi connectivity index (χ0v) is 34.1. The van der Waals surface area contributed by atoms with Crippen LogP contribution in [0.25, 0.3) is 22.3 Å². The summed E-state index contributed by atoms with van der Waals surface area (Å²) < 4.78 is 30.5. The van der Waals surface area contributed by atoms with Crippen LogP contribution in [0.4, 0.5) is 14.0 Å². The number of aromatic nitrogens is 4. The number of likely N-dealkylation sites (tertiary alicyclic amines) is 2. The van der Waals surface area contributed by atoms with Crippen LogP contribution < -0.4 is 10.6 Å². The summed E-state index contributed by atoms with van der Waals surface area (Å²) in [5, 5.41) is 5.30. The largest absolute Gasteiger partial charge is 0.453 e. The van der Waals surface area contributed by atoms with E-state index in [-0.39, 0.29) is 36.8 Å². The summed E-state index contributed by atoms with van der Waals surface area (Å²) in [5.74, 6) is 6.56. The number of fused-ring (bicyclic) bond motifs is 1. The molecule has 1 spiro atoms. The molecular formula is C43H51FN8O7. The van der Waals surface area contributed by atoms with E-state index in [0.717, 1.165) is 40.6 Å². The van der Waals surface area contributed by atoms with Gasteiger partial charge >= 0.3 is 12.2 Å². The highest BCUT2D eigenvalue weighted by atomic mass is 19.1. The number of alkyl carbamates (subject to hydrolysis) is 2. The number of nitrogens with one attached hydrogen (secondary N) is 4. The zero-order chi connectivity index (χ0) is 42.0. The number of benzene rings is 2. The second kappa shape index (κ2) is 17.1. The van der Waals surface area contributed by atoms with Gasteiger partial charge < -0.3 is 44.6 Å². The average molecular weight is 811 g/mol. The fourth-order valence-electron chi connectivity index (χ4n) is 8.30. The highest BCUT2D eigenvalue weighted by Crippen LogP contribution is 2.45. The Morgan fingerprint density at radius 1 is 0.881 bits per heavy atom. The Morgan fingerprint density at radius 3 is 2.15 bits per heavy atom. The molecule has 59 heavy (non-hydrogen) atoms. The lowest BCUT2D eigenvalue weighted by Gasteiger charge is -2.30. The number of alkyl halides is 1. The van der Waals surface area contributed by atoms with Crippen molar-refractivity contribution in [1.82, 2.24) is 40.4 Å². The Hall–Kier alpha value is -5.95. The quantitative estimate of drug-likeness (QED) is 0.158. The molecule has 3 aliphatic heterocycles. The van der Waals surface area contributed by atoms with Gasteiger partial charge in [-0.05, 0) is 60.6 Å². The molecule has 15 nitrogen and oxygen atoms in total. The molecule has 2 aromatic heterocycles. The van der Waals surface area contributed by atoms with Gasteiger partial charge in [-0.1, -0.05) is 51.7 Å². The third kappa shape index (κ3) is 8.75. The van der Waals surface area contributed by atoms with Gasteiger partial charge in [0.25, 0.3) is 0 Å². The van der Waals surface area contributed by atoms with E-state index in [1.165, 1.54) is 19.1 Å². The van der Waals surface area contributed by atoms with Gasteiger partial charge in [0.2, 0.25) is 11.8 Å². The summed E-state index contributed by atoms with van der Waals surface area (Å²) in [4.78, 5) is 71.0. The summed E-state index contributed by atoms with van der Waals surface area (Å²) >= 11 is 0. The number of rotatable bonds is 9. The lowest BCUT2D eigenvalue weighted by molar-refractivity contribution is -0.136. The number of carbonyl (C=O) groups is 4. The molecule has 3 aliphatic rings. The molecule has 4 aromatic rings. The number of imidazole rings is 2. The third-order valence-electron chi connectivity index (χ3n) is 11.5. The normalized spacial score (nSPS) is 22.4. The summed E-state index contributed by atoms with van der Waals surface area (Å²) in [6, 6.07) is 10.7. The number of hydrogen-bond acceptors (Lipinski definition) is 9. The maximum Gasteiger partial charge on any atom is 0.407 e. The van der Waals surface area contributed by atoms with Crippen LogP contribution in [-0.4, -0.2) is 112 Å². The Labute approximate surface area is 342 Å². The van der Waals surface area contributed by atoms with E-state index in [9.17, 15) is 23.6 Å². The minimum absolute atomic E-state index is 0.0885. The second-order valence-electron chi connectivity index (χ2n) is 16.2. The first kappa shape index (κ1) is 41.2. The van der Waals surface area contributed by atoms with Crippen molar-refractivity contribution in [3.05, 3.63) is 71.4 Å². The molecule has 5 heterocycles. The van der Waals surface area contributed by atoms with Crippen LogP contribution >= 0.6 is 0 Å². The summed E-state index contributed by atoms with van der Waals surface area (Å²) in [6.07, 6.45) is 1.48. The van der Waals surface area contributed by atoms with Crippen LogP contribution in [0, 0.1) is 23.7 Å². The van der Waals surface area contributed by atoms with Crippen LogP contribution in [0.3, 0.4) is 0 Å². The van der Waals surface area contributed by atoms with Gasteiger partial charge in [0, 0.05) is 30.6 Å². The Kier molecular flexibility index (Phi) is 12.0. The highest BCUT2D eigenvalue weighted by Gasteiger charge is 2.51. The molecule has 0 aliphatic carbocycles. The number of carbonyl (C=O) groups excluding carboxylic acids is 4. The molecule has 4 N–H and O–H groups in total. The zero-order valence-electron chi connectivity index (χ0n) is 34.1. The van der Waals surface area contributed by atoms with Crippen molar-refractivity contribution < 1.29 is 37.8 Å². The van der Waals surface area contributed by atoms with Crippen molar-refractivity contribution in [3.63, 3.8) is 0 Å². The van der Waals surface area contributed by atoms with Gasteiger partial charge in [0.05, 0.1) is 67.9 Å². The number of methoxy groups -OCH3 is 2. The van der Waals surface area contributed by atoms with E-state index in [1.807, 2.05) is 56.3 Å². The minimum atomic E-state index is -1.23. The van der Waals surface area contributed by atoms with Crippen LogP contribution in [-0.2, 0) is 23.8 Å². The molecule has 16 heteroatoms. The molecule has 0 radical (unpaired) electrons. The first-order valence-corrected chi connectivity index (χ1v) is 20.0. The number of amides is 4. The molecular weight excluding hydrogens is 760 g/mol. The van der Waals surface area contributed by atoms with Crippen molar-refractivity contribution in [1.29, 1.82) is 0 Å². The molecule has 7 rings (SSSR count). The van der Waals surface area contributed by atoms with Crippen molar-refractivity contribution in [2.45, 2.75) is 89.3 Å². The van der Waals surface area contributed by atoms with Gasteiger partial charge in [-0.2, -0.15) is 0 Å². The number of nitrogens with zero attached hydrogens (tertiary/aromatic N) is 4. The van der Waals surface area contributed by atoms with Gasteiger partial charge in [-0.3, -0.25) is 9.59 Å². The molecule has 2 aromatic carbocycles. The Balaban J connectivity index is 1.05. The second-order valence-corrected chi connectivity index (χ2v) is 16.2. The topological polar surface area (TPSA) is 184 Å². The summed E-state index contributed by atoms with van der Waals surface area (Å²) in [7, 11) is 2.50. The molecule has 312 valence electrons. The van der Waals surface area contributed by atoms with E-state index in [4.69, 9.17) is 19.2 Å². The first-order chi connectivity index (χ1) is 28.3. The van der Waals surface area contributed by atoms with Crippen molar-refractivity contribution in [3.8, 4) is 23.1 Å². The standard InChI is InChI=1S/C43H51FN8O7/c1-24(2)35(49-41(55)57-5)39(53)51-22-29(44)19-33(51)37-45-21-32(48-37)28-13-10-26(11-14-28)8-9-27-12-15-30-31(18-27)47-38(46-30)34-20-43(16-7-17-59-43)23-52(34)40(54)36(25(3)4)50-42(56)58-6/h10-15,18,21,24-25,29,33-36H,7,16-17,19-20,22-23H2,1-6H3,(H,45,48)(H,46,47)(H,49,55)(H,50,56)/t29-,33-,34-,35-,36-,43-/m0/s1. The smallest absolute Gasteiger partial charge is 0.407 e. The molecule has 0 saturated carbocycles. The number of hydrogen-bond donors (Lipinski definition) is 4. The van der Waals surface area contributed by atoms with Gasteiger partial charge in [0.15, 0.2) is 0 Å². The summed E-state index contributed by atoms with van der Waals surface area (Å²) in [5.41, 5.74) is 4.17. The van der Waals surface area contributed by atoms with Gasteiger partial charge in [-0.25, -0.2) is 23.9 Å². The number of H-pyrrole nitrogens is 2. The third-order valence-corrected chi connectivity index (χ3v) is 11.5. The Morgan fingerprint density at radius 2 is 1.53 bits per heavy atom. The fraction of sp³-hybridized carbons (Fsp3) is 0.488. The number of aromatic amines is 2. The van der Waals surface area contributed by atoms with E-state index in [2.05, 4.69) is 37.4 Å². The first-order valence-electron chi connectivity index (χ1n) is 20.0. The SMILES string of the molecule is COC(=O)N[C@H](C(=O)N1C[C@@H](F)C[C@H]1c1ncc(-c2ccc(C#Cc3ccc4nc([C@@H]5C[C@@]6(CCCO6)CN5C(=O)[C@@H](NC(=O)OC)C(C)C)[nH]c4c3)cc2)[nH]1)C(C)C. The minimum Gasteiger partial charge on any atom is -0.453 e. The van der Waals surface area contributed by atoms with Gasteiger partial charge in [-0.15, -0.1) is 0 Å². The molecule has 4 amide bonds. The Bertz CT molecular complexity index is 2250. The average Bonchev–Trinajstić information content (AvgIpc) is 4.08. The van der Waals surface area contributed by atoms with E-state index >= 15 is 0 Å². The lowest BCUT2D eigenvalue weighted by atomic mass is 9.96. The van der Waals surface area contributed by atoms with E-state index in [1.54, 1.807) is 24.9 Å². The van der Waals surface area contributed by atoms with E-state index < -0.39 is 48.0 Å². The molecule has 0 unspecified atom stereocenters. The van der Waals surface area contributed by atoms with Crippen molar-refractivity contribution in [2.75, 3.05) is 33.9 Å². The fourth-order valence-corrected chi connectivity index (χ4v) is 8.30.